The van der Waals surface area contributed by atoms with Crippen LogP contribution in [0, 0.1) is 0 Å². The lowest BCUT2D eigenvalue weighted by atomic mass is 10.1. The Bertz CT molecular complexity index is 1360. The van der Waals surface area contributed by atoms with Crippen LogP contribution in [0.1, 0.15) is 32.3 Å². The molecule has 3 heterocycles. The van der Waals surface area contributed by atoms with E-state index in [0.29, 0.717) is 30.5 Å². The third-order valence-corrected chi connectivity index (χ3v) is 6.07. The standard InChI is InChI=1S/C24H26N4O4S/c1-3-11-27-19-14-18(25-21(19)22(29)28(12-4-2)24(27)31)17-9-7-16(8-10-17)15-32-23(30)26-20-6-5-13-33-20/h5-10,13-14,25H,3-4,11-12,15H2,1-2H3,(H,26,30). The Morgan fingerprint density at radius 2 is 1.79 bits per heavy atom. The molecule has 0 saturated heterocycles. The average Bonchev–Trinajstić information content (AvgIpc) is 3.49. The van der Waals surface area contributed by atoms with Gasteiger partial charge in [-0.05, 0) is 47.5 Å². The highest BCUT2D eigenvalue weighted by atomic mass is 32.1. The van der Waals surface area contributed by atoms with Crippen molar-refractivity contribution in [1.82, 2.24) is 14.1 Å². The number of anilines is 1. The van der Waals surface area contributed by atoms with Crippen molar-refractivity contribution >= 4 is 33.5 Å². The first-order valence-corrected chi connectivity index (χ1v) is 11.8. The number of ether oxygens (including phenoxy) is 1. The second-order valence-electron chi connectivity index (χ2n) is 7.71. The van der Waals surface area contributed by atoms with E-state index in [1.54, 1.807) is 10.6 Å². The van der Waals surface area contributed by atoms with Gasteiger partial charge in [-0.15, -0.1) is 11.3 Å². The highest BCUT2D eigenvalue weighted by Gasteiger charge is 2.16. The van der Waals surface area contributed by atoms with Gasteiger partial charge in [0.25, 0.3) is 5.56 Å². The number of carbonyl (C=O) groups excluding carboxylic acids is 1. The Morgan fingerprint density at radius 3 is 2.45 bits per heavy atom. The Hall–Kier alpha value is -3.59. The summed E-state index contributed by atoms with van der Waals surface area (Å²) in [7, 11) is 0. The van der Waals surface area contributed by atoms with Gasteiger partial charge in [-0.3, -0.25) is 19.2 Å². The maximum absolute atomic E-state index is 12.9. The van der Waals surface area contributed by atoms with Crippen LogP contribution < -0.4 is 16.6 Å². The van der Waals surface area contributed by atoms with Gasteiger partial charge in [0, 0.05) is 18.8 Å². The summed E-state index contributed by atoms with van der Waals surface area (Å²) in [5.74, 6) is 0. The molecular formula is C24H26N4O4S. The molecule has 8 nitrogen and oxygen atoms in total. The smallest absolute Gasteiger partial charge is 0.412 e. The maximum atomic E-state index is 12.9. The number of carbonyl (C=O) groups is 1. The molecule has 1 aromatic carbocycles. The van der Waals surface area contributed by atoms with Gasteiger partial charge in [-0.1, -0.05) is 38.1 Å². The number of aryl methyl sites for hydroxylation is 1. The summed E-state index contributed by atoms with van der Waals surface area (Å²) in [5.41, 5.74) is 2.95. The van der Waals surface area contributed by atoms with E-state index in [0.717, 1.165) is 28.2 Å². The van der Waals surface area contributed by atoms with Crippen LogP contribution in [0.3, 0.4) is 0 Å². The molecule has 0 aliphatic rings. The fraction of sp³-hybridized carbons (Fsp3) is 0.292. The molecule has 0 bridgehead atoms. The van der Waals surface area contributed by atoms with Crippen molar-refractivity contribution in [3.8, 4) is 11.3 Å². The molecule has 0 spiro atoms. The summed E-state index contributed by atoms with van der Waals surface area (Å²) in [6.45, 7) is 5.02. The predicted octanol–water partition coefficient (Wildman–Crippen LogP) is 4.79. The van der Waals surface area contributed by atoms with Gasteiger partial charge in [0.1, 0.15) is 12.1 Å². The molecule has 172 valence electrons. The molecule has 4 rings (SSSR count). The Morgan fingerprint density at radius 1 is 1.06 bits per heavy atom. The molecule has 0 saturated carbocycles. The van der Waals surface area contributed by atoms with E-state index in [1.807, 2.05) is 55.6 Å². The van der Waals surface area contributed by atoms with Crippen LogP contribution in [-0.4, -0.2) is 20.2 Å². The molecule has 9 heteroatoms. The predicted molar refractivity (Wildman–Crippen MR) is 131 cm³/mol. The van der Waals surface area contributed by atoms with Crippen LogP contribution >= 0.6 is 11.3 Å². The van der Waals surface area contributed by atoms with E-state index in [4.69, 9.17) is 4.74 Å². The first-order chi connectivity index (χ1) is 16.0. The van der Waals surface area contributed by atoms with Gasteiger partial charge in [0.05, 0.1) is 10.5 Å². The van der Waals surface area contributed by atoms with Crippen LogP contribution in [0.5, 0.6) is 0 Å². The largest absolute Gasteiger partial charge is 0.444 e. The SMILES string of the molecule is CCCn1c(=O)c2[nH]c(-c3ccc(COC(=O)Nc4cccs4)cc3)cc2n(CCC)c1=O. The highest BCUT2D eigenvalue weighted by molar-refractivity contribution is 7.14. The molecule has 0 unspecified atom stereocenters. The van der Waals surface area contributed by atoms with Gasteiger partial charge in [0.15, 0.2) is 0 Å². The molecule has 0 atom stereocenters. The van der Waals surface area contributed by atoms with Gasteiger partial charge >= 0.3 is 11.8 Å². The Balaban J connectivity index is 1.57. The van der Waals surface area contributed by atoms with E-state index in [-0.39, 0.29) is 17.9 Å². The second-order valence-corrected chi connectivity index (χ2v) is 8.66. The topological polar surface area (TPSA) is 98.1 Å². The van der Waals surface area contributed by atoms with Crippen molar-refractivity contribution in [3.63, 3.8) is 0 Å². The van der Waals surface area contributed by atoms with Crippen LogP contribution in [0.2, 0.25) is 0 Å². The number of aromatic amines is 1. The lowest BCUT2D eigenvalue weighted by Crippen LogP contribution is -2.39. The van der Waals surface area contributed by atoms with Gasteiger partial charge in [0.2, 0.25) is 0 Å². The van der Waals surface area contributed by atoms with E-state index in [1.165, 1.54) is 15.9 Å². The second kappa shape index (κ2) is 9.91. The Kier molecular flexibility index (Phi) is 6.79. The van der Waals surface area contributed by atoms with Crippen molar-refractivity contribution in [2.75, 3.05) is 5.32 Å². The zero-order valence-electron chi connectivity index (χ0n) is 18.6. The summed E-state index contributed by atoms with van der Waals surface area (Å²) < 4.78 is 8.24. The maximum Gasteiger partial charge on any atom is 0.412 e. The fourth-order valence-corrected chi connectivity index (χ4v) is 4.33. The van der Waals surface area contributed by atoms with Crippen molar-refractivity contribution in [2.45, 2.75) is 46.4 Å². The lowest BCUT2D eigenvalue weighted by molar-refractivity contribution is 0.155. The van der Waals surface area contributed by atoms with Gasteiger partial charge < -0.3 is 9.72 Å². The van der Waals surface area contributed by atoms with Gasteiger partial charge in [-0.25, -0.2) is 9.59 Å². The molecule has 33 heavy (non-hydrogen) atoms. The number of hydrogen-bond acceptors (Lipinski definition) is 5. The van der Waals surface area contributed by atoms with Crippen molar-refractivity contribution in [3.05, 3.63) is 74.2 Å². The summed E-state index contributed by atoms with van der Waals surface area (Å²) in [5, 5.41) is 5.28. The zero-order valence-corrected chi connectivity index (χ0v) is 19.4. The van der Waals surface area contributed by atoms with Crippen LogP contribution in [-0.2, 0) is 24.4 Å². The quantitative estimate of drug-likeness (QED) is 0.390. The summed E-state index contributed by atoms with van der Waals surface area (Å²) in [6.07, 6.45) is 0.985. The number of rotatable bonds is 8. The molecule has 0 fully saturated rings. The minimum absolute atomic E-state index is 0.141. The first-order valence-electron chi connectivity index (χ1n) is 10.9. The molecule has 0 radical (unpaired) electrons. The number of thiophene rings is 1. The van der Waals surface area contributed by atoms with Crippen LogP contribution in [0.4, 0.5) is 9.80 Å². The van der Waals surface area contributed by atoms with Crippen LogP contribution in [0.25, 0.3) is 22.3 Å². The first kappa shape index (κ1) is 22.6. The summed E-state index contributed by atoms with van der Waals surface area (Å²) >= 11 is 1.42. The molecule has 1 amide bonds. The van der Waals surface area contributed by atoms with E-state index in [2.05, 4.69) is 10.3 Å². The fourth-order valence-electron chi connectivity index (χ4n) is 3.72. The van der Waals surface area contributed by atoms with E-state index in [9.17, 15) is 14.4 Å². The minimum Gasteiger partial charge on any atom is -0.444 e. The number of fused-ring (bicyclic) bond motifs is 1. The number of benzene rings is 1. The van der Waals surface area contributed by atoms with Crippen molar-refractivity contribution < 1.29 is 9.53 Å². The third-order valence-electron chi connectivity index (χ3n) is 5.28. The summed E-state index contributed by atoms with van der Waals surface area (Å²) in [4.78, 5) is 40.9. The summed E-state index contributed by atoms with van der Waals surface area (Å²) in [6, 6.07) is 13.0. The number of aromatic nitrogens is 3. The van der Waals surface area contributed by atoms with Crippen molar-refractivity contribution in [1.29, 1.82) is 0 Å². The zero-order chi connectivity index (χ0) is 23.4. The lowest BCUT2D eigenvalue weighted by Gasteiger charge is -2.10. The molecule has 0 aliphatic heterocycles. The van der Waals surface area contributed by atoms with Gasteiger partial charge in [-0.2, -0.15) is 0 Å². The molecule has 0 aliphatic carbocycles. The Labute approximate surface area is 194 Å². The number of nitrogens with one attached hydrogen (secondary N) is 2. The van der Waals surface area contributed by atoms with E-state index < -0.39 is 6.09 Å². The normalized spacial score (nSPS) is 11.1. The van der Waals surface area contributed by atoms with Crippen LogP contribution in [0.15, 0.2) is 57.4 Å². The molecule has 2 N–H and O–H groups in total. The molecular weight excluding hydrogens is 440 g/mol. The highest BCUT2D eigenvalue weighted by Crippen LogP contribution is 2.23. The minimum atomic E-state index is -0.505. The third kappa shape index (κ3) is 4.78. The molecule has 4 aromatic rings. The van der Waals surface area contributed by atoms with E-state index >= 15 is 0 Å². The monoisotopic (exact) mass is 466 g/mol. The average molecular weight is 467 g/mol. The molecule has 3 aromatic heterocycles. The number of hydrogen-bond donors (Lipinski definition) is 2. The number of amides is 1. The van der Waals surface area contributed by atoms with Crippen molar-refractivity contribution in [2.24, 2.45) is 0 Å². The number of H-pyrrole nitrogens is 1. The number of nitrogens with zero attached hydrogens (tertiary/aromatic N) is 2.